The van der Waals surface area contributed by atoms with E-state index in [2.05, 4.69) is 10.6 Å². The molecule has 0 radical (unpaired) electrons. The molecule has 4 rings (SSSR count). The summed E-state index contributed by atoms with van der Waals surface area (Å²) in [5.74, 6) is -1.37. The zero-order chi connectivity index (χ0) is 28.9. The van der Waals surface area contributed by atoms with Crippen molar-refractivity contribution in [1.29, 1.82) is 0 Å². The van der Waals surface area contributed by atoms with Crippen molar-refractivity contribution >= 4 is 65.0 Å². The summed E-state index contributed by atoms with van der Waals surface area (Å²) in [6, 6.07) is 24.4. The van der Waals surface area contributed by atoms with Crippen molar-refractivity contribution in [3.05, 3.63) is 108 Å². The van der Waals surface area contributed by atoms with Crippen LogP contribution in [-0.4, -0.2) is 37.8 Å². The van der Waals surface area contributed by atoms with Crippen LogP contribution in [0.4, 0.5) is 11.4 Å². The molecule has 0 bridgehead atoms. The first-order chi connectivity index (χ1) is 18.9. The molecule has 14 heteroatoms. The Kier molecular flexibility index (Phi) is 8.98. The van der Waals surface area contributed by atoms with Crippen LogP contribution in [0.25, 0.3) is 0 Å². The SMILES string of the molecule is O=C(Nc1ccc(SSc2ccc(NC(=O)c3ccccc3S(=O)(=O)O)cc2)cc1)c1ccccc1S(=O)(=O)O. The highest BCUT2D eigenvalue weighted by Gasteiger charge is 2.21. The number of benzene rings is 4. The molecular formula is C26H20N2O8S4. The molecular weight excluding hydrogens is 597 g/mol. The van der Waals surface area contributed by atoms with Crippen LogP contribution in [0.3, 0.4) is 0 Å². The van der Waals surface area contributed by atoms with Crippen molar-refractivity contribution in [3.8, 4) is 0 Å². The van der Waals surface area contributed by atoms with Crippen LogP contribution in [0.15, 0.2) is 117 Å². The lowest BCUT2D eigenvalue weighted by atomic mass is 10.2. The van der Waals surface area contributed by atoms with Gasteiger partial charge in [-0.2, -0.15) is 16.8 Å². The number of anilines is 2. The Morgan fingerprint density at radius 1 is 0.525 bits per heavy atom. The van der Waals surface area contributed by atoms with E-state index in [0.29, 0.717) is 11.4 Å². The molecule has 0 saturated heterocycles. The fourth-order valence-corrected chi connectivity index (χ4v) is 6.75. The van der Waals surface area contributed by atoms with E-state index >= 15 is 0 Å². The molecule has 0 heterocycles. The average molecular weight is 617 g/mol. The Bertz CT molecular complexity index is 1640. The van der Waals surface area contributed by atoms with Crippen molar-refractivity contribution in [1.82, 2.24) is 0 Å². The number of carbonyl (C=O) groups is 2. The van der Waals surface area contributed by atoms with Crippen molar-refractivity contribution in [2.45, 2.75) is 19.6 Å². The minimum absolute atomic E-state index is 0.179. The first-order valence-corrected chi connectivity index (χ1v) is 16.3. The van der Waals surface area contributed by atoms with Gasteiger partial charge in [-0.05, 0) is 72.8 Å². The molecule has 206 valence electrons. The maximum atomic E-state index is 12.6. The van der Waals surface area contributed by atoms with Crippen molar-refractivity contribution in [2.75, 3.05) is 10.6 Å². The van der Waals surface area contributed by atoms with Gasteiger partial charge in [0.2, 0.25) is 0 Å². The van der Waals surface area contributed by atoms with Crippen LogP contribution in [0.5, 0.6) is 0 Å². The van der Waals surface area contributed by atoms with E-state index < -0.39 is 41.8 Å². The second-order valence-electron chi connectivity index (χ2n) is 8.07. The molecule has 0 fully saturated rings. The number of nitrogens with one attached hydrogen (secondary N) is 2. The molecule has 4 aromatic carbocycles. The van der Waals surface area contributed by atoms with Gasteiger partial charge in [-0.15, -0.1) is 0 Å². The van der Waals surface area contributed by atoms with Gasteiger partial charge in [0, 0.05) is 21.2 Å². The van der Waals surface area contributed by atoms with E-state index in [4.69, 9.17) is 0 Å². The molecule has 0 atom stereocenters. The highest BCUT2D eigenvalue weighted by Crippen LogP contribution is 2.38. The minimum atomic E-state index is -4.56. The molecule has 0 aliphatic heterocycles. The summed E-state index contributed by atoms with van der Waals surface area (Å²) in [7, 11) is -6.25. The summed E-state index contributed by atoms with van der Waals surface area (Å²) in [5.41, 5.74) is 0.503. The van der Waals surface area contributed by atoms with Gasteiger partial charge in [0.25, 0.3) is 32.1 Å². The lowest BCUT2D eigenvalue weighted by molar-refractivity contribution is 0.101. The maximum absolute atomic E-state index is 12.6. The van der Waals surface area contributed by atoms with Crippen LogP contribution in [0.1, 0.15) is 20.7 Å². The van der Waals surface area contributed by atoms with E-state index in [1.807, 2.05) is 0 Å². The molecule has 4 aromatic rings. The van der Waals surface area contributed by atoms with Crippen LogP contribution in [0, 0.1) is 0 Å². The number of amides is 2. The fourth-order valence-electron chi connectivity index (χ4n) is 3.44. The van der Waals surface area contributed by atoms with Crippen LogP contribution in [-0.2, 0) is 20.2 Å². The van der Waals surface area contributed by atoms with Gasteiger partial charge in [-0.25, -0.2) is 0 Å². The predicted octanol–water partition coefficient (Wildman–Crippen LogP) is 5.48. The van der Waals surface area contributed by atoms with Crippen molar-refractivity contribution < 1.29 is 35.5 Å². The van der Waals surface area contributed by atoms with Gasteiger partial charge in [0.15, 0.2) is 0 Å². The van der Waals surface area contributed by atoms with Gasteiger partial charge in [-0.1, -0.05) is 45.9 Å². The molecule has 0 saturated carbocycles. The summed E-state index contributed by atoms with van der Waals surface area (Å²) in [6.45, 7) is 0. The topological polar surface area (TPSA) is 167 Å². The third kappa shape index (κ3) is 7.50. The van der Waals surface area contributed by atoms with Gasteiger partial charge in [0.1, 0.15) is 9.79 Å². The van der Waals surface area contributed by atoms with E-state index in [0.717, 1.165) is 21.9 Å². The number of rotatable bonds is 9. The summed E-state index contributed by atoms with van der Waals surface area (Å²) < 4.78 is 64.9. The Morgan fingerprint density at radius 2 is 0.850 bits per heavy atom. The highest BCUT2D eigenvalue weighted by atomic mass is 33.1. The largest absolute Gasteiger partial charge is 0.322 e. The lowest BCUT2D eigenvalue weighted by Crippen LogP contribution is -2.16. The van der Waals surface area contributed by atoms with Crippen LogP contribution < -0.4 is 10.6 Å². The standard InChI is InChI=1S/C26H20N2O8S4/c29-25(21-5-1-3-7-23(21)39(31,32)33)27-17-9-13-19(14-10-17)37-38-20-15-11-18(12-16-20)28-26(30)22-6-2-4-8-24(22)40(34,35)36/h1-16H,(H,27,29)(H,28,30)(H,31,32,33)(H,34,35,36). The lowest BCUT2D eigenvalue weighted by Gasteiger charge is -2.10. The van der Waals surface area contributed by atoms with Crippen molar-refractivity contribution in [2.24, 2.45) is 0 Å². The molecule has 0 aliphatic carbocycles. The zero-order valence-corrected chi connectivity index (χ0v) is 23.5. The monoisotopic (exact) mass is 616 g/mol. The summed E-state index contributed by atoms with van der Waals surface area (Å²) >= 11 is 0. The quantitative estimate of drug-likeness (QED) is 0.140. The average Bonchev–Trinajstić information content (AvgIpc) is 2.92. The third-order valence-corrected chi connectivity index (χ3v) is 9.52. The van der Waals surface area contributed by atoms with Crippen LogP contribution >= 0.6 is 21.6 Å². The normalized spacial score (nSPS) is 11.6. The molecule has 4 N–H and O–H groups in total. The first kappa shape index (κ1) is 29.3. The van der Waals surface area contributed by atoms with Crippen molar-refractivity contribution in [3.63, 3.8) is 0 Å². The minimum Gasteiger partial charge on any atom is -0.322 e. The molecule has 40 heavy (non-hydrogen) atoms. The Balaban J connectivity index is 1.34. The summed E-state index contributed by atoms with van der Waals surface area (Å²) in [5, 5.41) is 5.21. The molecule has 2 amide bonds. The molecule has 0 spiro atoms. The Morgan fingerprint density at radius 3 is 1.18 bits per heavy atom. The van der Waals surface area contributed by atoms with Crippen LogP contribution in [0.2, 0.25) is 0 Å². The van der Waals surface area contributed by atoms with E-state index in [1.165, 1.54) is 58.0 Å². The molecule has 10 nitrogen and oxygen atoms in total. The third-order valence-electron chi connectivity index (χ3n) is 5.28. The number of carbonyl (C=O) groups excluding carboxylic acids is 2. The first-order valence-electron chi connectivity index (χ1n) is 11.2. The van der Waals surface area contributed by atoms with Gasteiger partial charge in [-0.3, -0.25) is 18.7 Å². The predicted molar refractivity (Wildman–Crippen MR) is 153 cm³/mol. The molecule has 0 aromatic heterocycles. The van der Waals surface area contributed by atoms with Gasteiger partial charge < -0.3 is 10.6 Å². The zero-order valence-electron chi connectivity index (χ0n) is 20.2. The molecule has 0 unspecified atom stereocenters. The second-order valence-corrected chi connectivity index (χ2v) is 13.1. The Hall–Kier alpha value is -3.66. The Labute approximate surface area is 238 Å². The maximum Gasteiger partial charge on any atom is 0.295 e. The fraction of sp³-hybridized carbons (Fsp3) is 0. The van der Waals surface area contributed by atoms with Gasteiger partial charge in [0.05, 0.1) is 11.1 Å². The second kappa shape index (κ2) is 12.2. The van der Waals surface area contributed by atoms with E-state index in [9.17, 15) is 35.5 Å². The highest BCUT2D eigenvalue weighted by molar-refractivity contribution is 8.76. The van der Waals surface area contributed by atoms with E-state index in [-0.39, 0.29) is 11.1 Å². The number of hydrogen-bond donors (Lipinski definition) is 4. The smallest absolute Gasteiger partial charge is 0.295 e. The summed E-state index contributed by atoms with van der Waals surface area (Å²) in [6.07, 6.45) is 0. The number of hydrogen-bond acceptors (Lipinski definition) is 8. The van der Waals surface area contributed by atoms with E-state index in [1.54, 1.807) is 48.5 Å². The van der Waals surface area contributed by atoms with Gasteiger partial charge >= 0.3 is 0 Å². The summed E-state index contributed by atoms with van der Waals surface area (Å²) in [4.78, 5) is 25.9. The molecule has 0 aliphatic rings.